The van der Waals surface area contributed by atoms with Gasteiger partial charge in [-0.15, -0.1) is 0 Å². The molecule has 1 unspecified atom stereocenters. The van der Waals surface area contributed by atoms with Crippen LogP contribution < -0.4 is 16.0 Å². The van der Waals surface area contributed by atoms with E-state index in [2.05, 4.69) is 16.0 Å². The first-order chi connectivity index (χ1) is 12.2. The van der Waals surface area contributed by atoms with E-state index in [1.165, 1.54) is 24.5 Å². The number of carbonyl (C=O) groups excluding carboxylic acids is 2. The molecule has 2 aromatic rings. The molecule has 1 aromatic carbocycles. The first-order valence-corrected chi connectivity index (χ1v) is 7.82. The zero-order valence-electron chi connectivity index (χ0n) is 13.7. The Morgan fingerprint density at radius 3 is 2.65 bits per heavy atom. The molecule has 6 nitrogen and oxygen atoms in total. The number of halogens is 3. The number of anilines is 2. The number of hydrogen-bond donors (Lipinski definition) is 3. The van der Waals surface area contributed by atoms with Crippen LogP contribution in [-0.2, 0) is 4.79 Å². The summed E-state index contributed by atoms with van der Waals surface area (Å²) >= 11 is 0. The molecule has 0 aliphatic carbocycles. The van der Waals surface area contributed by atoms with Crippen LogP contribution in [0.4, 0.5) is 24.5 Å². The zero-order valence-corrected chi connectivity index (χ0v) is 13.7. The first-order valence-electron chi connectivity index (χ1n) is 7.82. The molecule has 2 heterocycles. The van der Waals surface area contributed by atoms with Gasteiger partial charge in [0.05, 0.1) is 30.1 Å². The number of rotatable bonds is 4. The molecule has 3 rings (SSSR count). The van der Waals surface area contributed by atoms with Crippen molar-refractivity contribution in [3.8, 4) is 0 Å². The highest BCUT2D eigenvalue weighted by Gasteiger charge is 2.42. The van der Waals surface area contributed by atoms with E-state index in [-0.39, 0.29) is 16.9 Å². The molecule has 1 aromatic heterocycles. The molecular formula is C17H16F3N3O3. The summed E-state index contributed by atoms with van der Waals surface area (Å²) in [6, 6.07) is 3.96. The Kier molecular flexibility index (Phi) is 4.73. The molecule has 138 valence electrons. The molecule has 1 atom stereocenters. The molecule has 3 N–H and O–H groups in total. The van der Waals surface area contributed by atoms with Gasteiger partial charge in [-0.2, -0.15) is 0 Å². The minimum absolute atomic E-state index is 0.155. The van der Waals surface area contributed by atoms with E-state index in [9.17, 15) is 22.8 Å². The van der Waals surface area contributed by atoms with Crippen molar-refractivity contribution in [3.05, 3.63) is 47.7 Å². The van der Waals surface area contributed by atoms with E-state index < -0.39 is 42.6 Å². The van der Waals surface area contributed by atoms with E-state index in [1.807, 2.05) is 0 Å². The molecule has 0 radical (unpaired) electrons. The second-order valence-electron chi connectivity index (χ2n) is 6.02. The average molecular weight is 367 g/mol. The second-order valence-corrected chi connectivity index (χ2v) is 6.02. The summed E-state index contributed by atoms with van der Waals surface area (Å²) in [5, 5.41) is 7.26. The lowest BCUT2D eigenvalue weighted by molar-refractivity contribution is -0.118. The predicted molar refractivity (Wildman–Crippen MR) is 87.8 cm³/mol. The third-order valence-electron chi connectivity index (χ3n) is 4.01. The fourth-order valence-electron chi connectivity index (χ4n) is 2.64. The number of alkyl halides is 2. The maximum Gasteiger partial charge on any atom is 0.262 e. The van der Waals surface area contributed by atoms with Crippen molar-refractivity contribution < 1.29 is 27.2 Å². The topological polar surface area (TPSA) is 83.4 Å². The number of nitrogens with one attached hydrogen (secondary N) is 3. The lowest BCUT2D eigenvalue weighted by Crippen LogP contribution is -2.35. The van der Waals surface area contributed by atoms with Crippen molar-refractivity contribution in [2.24, 2.45) is 0 Å². The van der Waals surface area contributed by atoms with Crippen molar-refractivity contribution in [1.82, 2.24) is 5.32 Å². The van der Waals surface area contributed by atoms with Crippen LogP contribution >= 0.6 is 0 Å². The van der Waals surface area contributed by atoms with E-state index in [4.69, 9.17) is 4.42 Å². The molecule has 2 amide bonds. The average Bonchev–Trinajstić information content (AvgIpc) is 3.16. The van der Waals surface area contributed by atoms with Gasteiger partial charge in [0.15, 0.2) is 0 Å². The number of carbonyl (C=O) groups is 2. The van der Waals surface area contributed by atoms with Crippen LogP contribution in [0.3, 0.4) is 0 Å². The summed E-state index contributed by atoms with van der Waals surface area (Å²) in [5.41, 5.74) is 0.266. The number of aryl methyl sites for hydroxylation is 1. The van der Waals surface area contributed by atoms with Crippen LogP contribution in [0.5, 0.6) is 0 Å². The second kappa shape index (κ2) is 6.83. The Balaban J connectivity index is 1.70. The highest BCUT2D eigenvalue weighted by molar-refractivity contribution is 6.05. The minimum atomic E-state index is -2.94. The van der Waals surface area contributed by atoms with Crippen molar-refractivity contribution in [2.45, 2.75) is 25.3 Å². The summed E-state index contributed by atoms with van der Waals surface area (Å²) in [6.07, 6.45) is 0.727. The van der Waals surface area contributed by atoms with Gasteiger partial charge in [0, 0.05) is 12.1 Å². The van der Waals surface area contributed by atoms with Crippen LogP contribution in [-0.4, -0.2) is 30.3 Å². The molecule has 0 spiro atoms. The Bertz CT molecular complexity index is 851. The van der Waals surface area contributed by atoms with Gasteiger partial charge < -0.3 is 15.1 Å². The quantitative estimate of drug-likeness (QED) is 0.776. The van der Waals surface area contributed by atoms with Gasteiger partial charge in [0.2, 0.25) is 5.91 Å². The highest BCUT2D eigenvalue weighted by Crippen LogP contribution is 2.26. The molecule has 1 saturated heterocycles. The van der Waals surface area contributed by atoms with Crippen LogP contribution in [0.2, 0.25) is 0 Å². The Morgan fingerprint density at radius 1 is 1.27 bits per heavy atom. The Morgan fingerprint density at radius 2 is 2.04 bits per heavy atom. The summed E-state index contributed by atoms with van der Waals surface area (Å²) in [6.45, 7) is 1.02. The molecule has 26 heavy (non-hydrogen) atoms. The van der Waals surface area contributed by atoms with E-state index >= 15 is 0 Å². The summed E-state index contributed by atoms with van der Waals surface area (Å²) in [4.78, 5) is 24.2. The first kappa shape index (κ1) is 18.0. The normalized spacial score (nSPS) is 18.5. The van der Waals surface area contributed by atoms with Crippen molar-refractivity contribution >= 4 is 23.2 Å². The summed E-state index contributed by atoms with van der Waals surface area (Å²) < 4.78 is 45.3. The monoisotopic (exact) mass is 367 g/mol. The number of amides is 2. The van der Waals surface area contributed by atoms with Gasteiger partial charge in [-0.25, -0.2) is 13.2 Å². The SMILES string of the molecule is Cc1occc1C(=O)Nc1cc(NC(=O)C2CC(F)(F)CN2)ccc1F. The Labute approximate surface area is 146 Å². The largest absolute Gasteiger partial charge is 0.469 e. The van der Waals surface area contributed by atoms with Crippen molar-refractivity contribution in [2.75, 3.05) is 17.2 Å². The van der Waals surface area contributed by atoms with Crippen LogP contribution in [0.1, 0.15) is 22.5 Å². The van der Waals surface area contributed by atoms with Crippen LogP contribution in [0.25, 0.3) is 0 Å². The van der Waals surface area contributed by atoms with Crippen LogP contribution in [0.15, 0.2) is 34.9 Å². The van der Waals surface area contributed by atoms with Gasteiger partial charge in [-0.1, -0.05) is 0 Å². The lowest BCUT2D eigenvalue weighted by Gasteiger charge is -2.13. The number of furan rings is 1. The fraction of sp³-hybridized carbons (Fsp3) is 0.294. The molecule has 1 aliphatic heterocycles. The molecule has 0 saturated carbocycles. The molecule has 1 fully saturated rings. The summed E-state index contributed by atoms with van der Waals surface area (Å²) in [5.74, 6) is -4.50. The number of hydrogen-bond acceptors (Lipinski definition) is 4. The molecule has 1 aliphatic rings. The minimum Gasteiger partial charge on any atom is -0.469 e. The van der Waals surface area contributed by atoms with E-state index in [1.54, 1.807) is 6.92 Å². The van der Waals surface area contributed by atoms with Gasteiger partial charge in [-0.3, -0.25) is 14.9 Å². The van der Waals surface area contributed by atoms with Crippen molar-refractivity contribution in [3.63, 3.8) is 0 Å². The van der Waals surface area contributed by atoms with Gasteiger partial charge in [-0.05, 0) is 31.2 Å². The zero-order chi connectivity index (χ0) is 18.9. The van der Waals surface area contributed by atoms with Crippen molar-refractivity contribution in [1.29, 1.82) is 0 Å². The molecular weight excluding hydrogens is 351 g/mol. The smallest absolute Gasteiger partial charge is 0.262 e. The molecule has 9 heteroatoms. The highest BCUT2D eigenvalue weighted by atomic mass is 19.3. The third kappa shape index (κ3) is 3.88. The fourth-order valence-corrected chi connectivity index (χ4v) is 2.64. The Hall–Kier alpha value is -2.81. The van der Waals surface area contributed by atoms with E-state index in [0.29, 0.717) is 5.76 Å². The predicted octanol–water partition coefficient (Wildman–Crippen LogP) is 2.92. The molecule has 0 bridgehead atoms. The van der Waals surface area contributed by atoms with Gasteiger partial charge in [0.1, 0.15) is 11.6 Å². The third-order valence-corrected chi connectivity index (χ3v) is 4.01. The maximum atomic E-state index is 13.9. The maximum absolute atomic E-state index is 13.9. The lowest BCUT2D eigenvalue weighted by atomic mass is 10.1. The standard InChI is InChI=1S/C17H16F3N3O3/c1-9-11(4-5-26-9)15(24)23-13-6-10(2-3-12(13)18)22-16(25)14-7-17(19,20)8-21-14/h2-6,14,21H,7-8H2,1H3,(H,22,25)(H,23,24). The van der Waals surface area contributed by atoms with Gasteiger partial charge in [0.25, 0.3) is 11.8 Å². The number of benzene rings is 1. The van der Waals surface area contributed by atoms with E-state index in [0.717, 1.165) is 6.07 Å². The van der Waals surface area contributed by atoms with Crippen LogP contribution in [0, 0.1) is 12.7 Å². The van der Waals surface area contributed by atoms with Gasteiger partial charge >= 0.3 is 0 Å². The summed E-state index contributed by atoms with van der Waals surface area (Å²) in [7, 11) is 0.